The summed E-state index contributed by atoms with van der Waals surface area (Å²) in [7, 11) is 0. The molecule has 0 radical (unpaired) electrons. The molecule has 19 heavy (non-hydrogen) atoms. The lowest BCUT2D eigenvalue weighted by molar-refractivity contribution is 0.0893. The van der Waals surface area contributed by atoms with Gasteiger partial charge in [-0.15, -0.1) is 0 Å². The van der Waals surface area contributed by atoms with E-state index in [1.165, 1.54) is 0 Å². The SMILES string of the molecule is CC.Cc1cc(N2CCOCC(C)(C)C2)nc(C)n1. The van der Waals surface area contributed by atoms with Crippen LogP contribution in [0.4, 0.5) is 5.82 Å². The van der Waals surface area contributed by atoms with Crippen LogP contribution in [0.1, 0.15) is 39.2 Å². The summed E-state index contributed by atoms with van der Waals surface area (Å²) in [6.45, 7) is 15.9. The highest BCUT2D eigenvalue weighted by Crippen LogP contribution is 2.24. The van der Waals surface area contributed by atoms with E-state index >= 15 is 0 Å². The summed E-state index contributed by atoms with van der Waals surface area (Å²) in [4.78, 5) is 11.1. The van der Waals surface area contributed by atoms with Crippen molar-refractivity contribution in [2.24, 2.45) is 5.41 Å². The molecular weight excluding hydrogens is 238 g/mol. The van der Waals surface area contributed by atoms with Crippen molar-refractivity contribution in [1.82, 2.24) is 9.97 Å². The lowest BCUT2D eigenvalue weighted by Crippen LogP contribution is -2.35. The highest BCUT2D eigenvalue weighted by molar-refractivity contribution is 5.40. The zero-order chi connectivity index (χ0) is 14.5. The maximum absolute atomic E-state index is 5.64. The number of hydrogen-bond acceptors (Lipinski definition) is 4. The molecule has 0 aromatic carbocycles. The van der Waals surface area contributed by atoms with E-state index in [2.05, 4.69) is 34.8 Å². The Labute approximate surface area is 117 Å². The van der Waals surface area contributed by atoms with Crippen LogP contribution in [0.15, 0.2) is 6.07 Å². The van der Waals surface area contributed by atoms with E-state index in [0.717, 1.165) is 43.6 Å². The van der Waals surface area contributed by atoms with Crippen molar-refractivity contribution in [3.8, 4) is 0 Å². The van der Waals surface area contributed by atoms with Crippen molar-refractivity contribution >= 4 is 5.82 Å². The standard InChI is InChI=1S/C13H21N3O.C2H6/c1-10-7-12(15-11(2)14-10)16-5-6-17-9-13(3,4)8-16;1-2/h7H,5-6,8-9H2,1-4H3;1-2H3. The lowest BCUT2D eigenvalue weighted by Gasteiger charge is -2.29. The van der Waals surface area contributed by atoms with E-state index < -0.39 is 0 Å². The number of aromatic nitrogens is 2. The average molecular weight is 265 g/mol. The molecule has 0 spiro atoms. The first-order valence-electron chi connectivity index (χ1n) is 7.11. The van der Waals surface area contributed by atoms with Gasteiger partial charge in [-0.3, -0.25) is 0 Å². The van der Waals surface area contributed by atoms with E-state index in [0.29, 0.717) is 0 Å². The molecule has 1 fully saturated rings. The summed E-state index contributed by atoms with van der Waals surface area (Å²) >= 11 is 0. The van der Waals surface area contributed by atoms with Gasteiger partial charge >= 0.3 is 0 Å². The first-order valence-corrected chi connectivity index (χ1v) is 7.11. The highest BCUT2D eigenvalue weighted by atomic mass is 16.5. The molecule has 108 valence electrons. The second kappa shape index (κ2) is 6.85. The number of aryl methyl sites for hydroxylation is 2. The Morgan fingerprint density at radius 3 is 2.53 bits per heavy atom. The Bertz CT molecular complexity index is 384. The second-order valence-corrected chi connectivity index (χ2v) is 5.55. The van der Waals surface area contributed by atoms with Crippen molar-refractivity contribution in [1.29, 1.82) is 0 Å². The molecule has 1 aromatic rings. The lowest BCUT2D eigenvalue weighted by atomic mass is 9.94. The van der Waals surface area contributed by atoms with Crippen LogP contribution < -0.4 is 4.90 Å². The van der Waals surface area contributed by atoms with E-state index in [1.807, 2.05) is 27.7 Å². The van der Waals surface area contributed by atoms with Crippen molar-refractivity contribution in [2.75, 3.05) is 31.2 Å². The average Bonchev–Trinajstić information content (AvgIpc) is 2.51. The van der Waals surface area contributed by atoms with Gasteiger partial charge in [0.15, 0.2) is 0 Å². The fourth-order valence-electron chi connectivity index (χ4n) is 2.22. The molecule has 0 unspecified atom stereocenters. The Morgan fingerprint density at radius 1 is 1.21 bits per heavy atom. The number of rotatable bonds is 1. The van der Waals surface area contributed by atoms with Crippen LogP contribution in [0.25, 0.3) is 0 Å². The van der Waals surface area contributed by atoms with Crippen LogP contribution in [0.2, 0.25) is 0 Å². The van der Waals surface area contributed by atoms with E-state index in [4.69, 9.17) is 4.74 Å². The summed E-state index contributed by atoms with van der Waals surface area (Å²) in [5.74, 6) is 1.86. The van der Waals surface area contributed by atoms with E-state index in [-0.39, 0.29) is 5.41 Å². The largest absolute Gasteiger partial charge is 0.379 e. The molecule has 2 heterocycles. The third kappa shape index (κ3) is 4.78. The van der Waals surface area contributed by atoms with Crippen molar-refractivity contribution < 1.29 is 4.74 Å². The van der Waals surface area contributed by atoms with Gasteiger partial charge in [-0.05, 0) is 13.8 Å². The van der Waals surface area contributed by atoms with Crippen LogP contribution in [0.3, 0.4) is 0 Å². The molecule has 1 saturated heterocycles. The molecule has 0 N–H and O–H groups in total. The van der Waals surface area contributed by atoms with Crippen LogP contribution in [0.5, 0.6) is 0 Å². The van der Waals surface area contributed by atoms with Crippen molar-refractivity contribution in [3.63, 3.8) is 0 Å². The Balaban J connectivity index is 0.000000861. The normalized spacial score (nSPS) is 18.3. The topological polar surface area (TPSA) is 38.2 Å². The molecule has 0 atom stereocenters. The van der Waals surface area contributed by atoms with Crippen LogP contribution >= 0.6 is 0 Å². The summed E-state index contributed by atoms with van der Waals surface area (Å²) in [6.07, 6.45) is 0. The summed E-state index contributed by atoms with van der Waals surface area (Å²) in [6, 6.07) is 2.05. The Kier molecular flexibility index (Phi) is 5.73. The zero-order valence-electron chi connectivity index (χ0n) is 13.2. The first kappa shape index (κ1) is 15.9. The van der Waals surface area contributed by atoms with Gasteiger partial charge in [0.25, 0.3) is 0 Å². The van der Waals surface area contributed by atoms with Gasteiger partial charge in [0, 0.05) is 30.3 Å². The third-order valence-electron chi connectivity index (χ3n) is 2.89. The van der Waals surface area contributed by atoms with Gasteiger partial charge in [0.1, 0.15) is 11.6 Å². The second-order valence-electron chi connectivity index (χ2n) is 5.55. The summed E-state index contributed by atoms with van der Waals surface area (Å²) in [5.41, 5.74) is 1.19. The van der Waals surface area contributed by atoms with Crippen LogP contribution in [-0.4, -0.2) is 36.3 Å². The molecule has 0 bridgehead atoms. The van der Waals surface area contributed by atoms with E-state index in [9.17, 15) is 0 Å². The fraction of sp³-hybridized carbons (Fsp3) is 0.733. The van der Waals surface area contributed by atoms with Crippen molar-refractivity contribution in [3.05, 3.63) is 17.6 Å². The summed E-state index contributed by atoms with van der Waals surface area (Å²) in [5, 5.41) is 0. The molecule has 0 saturated carbocycles. The van der Waals surface area contributed by atoms with Gasteiger partial charge in [0.2, 0.25) is 0 Å². The minimum absolute atomic E-state index is 0.170. The molecule has 4 nitrogen and oxygen atoms in total. The number of hydrogen-bond donors (Lipinski definition) is 0. The minimum Gasteiger partial charge on any atom is -0.379 e. The number of ether oxygens (including phenoxy) is 1. The van der Waals surface area contributed by atoms with Crippen LogP contribution in [-0.2, 0) is 4.74 Å². The zero-order valence-corrected chi connectivity index (χ0v) is 13.2. The smallest absolute Gasteiger partial charge is 0.132 e. The summed E-state index contributed by atoms with van der Waals surface area (Å²) < 4.78 is 5.64. The molecular formula is C15H27N3O. The van der Waals surface area contributed by atoms with E-state index in [1.54, 1.807) is 0 Å². The maximum atomic E-state index is 5.64. The quantitative estimate of drug-likeness (QED) is 0.782. The molecule has 4 heteroatoms. The predicted molar refractivity (Wildman–Crippen MR) is 79.7 cm³/mol. The predicted octanol–water partition coefficient (Wildman–Crippen LogP) is 2.98. The fourth-order valence-corrected chi connectivity index (χ4v) is 2.22. The molecule has 0 aliphatic carbocycles. The highest BCUT2D eigenvalue weighted by Gasteiger charge is 2.26. The van der Waals surface area contributed by atoms with Gasteiger partial charge in [0.05, 0.1) is 13.2 Å². The molecule has 1 aromatic heterocycles. The van der Waals surface area contributed by atoms with Gasteiger partial charge < -0.3 is 9.64 Å². The number of anilines is 1. The molecule has 2 rings (SSSR count). The monoisotopic (exact) mass is 265 g/mol. The van der Waals surface area contributed by atoms with Gasteiger partial charge in [-0.1, -0.05) is 27.7 Å². The van der Waals surface area contributed by atoms with Crippen molar-refractivity contribution in [2.45, 2.75) is 41.5 Å². The van der Waals surface area contributed by atoms with Gasteiger partial charge in [-0.2, -0.15) is 0 Å². The Morgan fingerprint density at radius 2 is 1.89 bits per heavy atom. The maximum Gasteiger partial charge on any atom is 0.132 e. The van der Waals surface area contributed by atoms with Gasteiger partial charge in [-0.25, -0.2) is 9.97 Å². The number of nitrogens with zero attached hydrogens (tertiary/aromatic N) is 3. The third-order valence-corrected chi connectivity index (χ3v) is 2.89. The first-order chi connectivity index (χ1) is 8.96. The molecule has 1 aliphatic heterocycles. The Hall–Kier alpha value is -1.16. The molecule has 0 amide bonds. The van der Waals surface area contributed by atoms with Crippen LogP contribution in [0, 0.1) is 19.3 Å². The molecule has 1 aliphatic rings. The minimum atomic E-state index is 0.170.